The molecule has 1 aliphatic carbocycles. The van der Waals surface area contributed by atoms with E-state index in [2.05, 4.69) is 4.99 Å². The maximum Gasteiger partial charge on any atom is 0.277 e. The second-order valence-corrected chi connectivity index (χ2v) is 6.14. The van der Waals surface area contributed by atoms with Crippen molar-refractivity contribution in [2.24, 2.45) is 4.99 Å². The van der Waals surface area contributed by atoms with Gasteiger partial charge < -0.3 is 0 Å². The molecule has 0 N–H and O–H groups in total. The molecule has 0 fully saturated rings. The van der Waals surface area contributed by atoms with Gasteiger partial charge in [-0.05, 0) is 29.0 Å². The second kappa shape index (κ2) is 6.11. The van der Waals surface area contributed by atoms with E-state index in [1.807, 2.05) is 36.4 Å². The van der Waals surface area contributed by atoms with Crippen LogP contribution in [0.2, 0.25) is 0 Å². The Morgan fingerprint density at radius 1 is 0.840 bits per heavy atom. The largest absolute Gasteiger partial charge is 0.288 e. The number of halogens is 1. The highest BCUT2D eigenvalue weighted by atomic mass is 35.5. The summed E-state index contributed by atoms with van der Waals surface area (Å²) >= 11 is 6.02. The molecule has 0 saturated heterocycles. The third kappa shape index (κ3) is 2.79. The van der Waals surface area contributed by atoms with E-state index >= 15 is 0 Å². The molecule has 3 nitrogen and oxygen atoms in total. The van der Waals surface area contributed by atoms with Gasteiger partial charge in [0.15, 0.2) is 0 Å². The Kier molecular flexibility index (Phi) is 3.79. The number of hydrogen-bond acceptors (Lipinski definition) is 2. The number of carbonyl (C=O) groups is 2. The third-order valence-corrected chi connectivity index (χ3v) is 4.43. The lowest BCUT2D eigenvalue weighted by Crippen LogP contribution is -2.16. The molecule has 1 amide bonds. The van der Waals surface area contributed by atoms with Gasteiger partial charge in [0.1, 0.15) is 0 Å². The summed E-state index contributed by atoms with van der Waals surface area (Å²) in [6.07, 6.45) is 1.45. The fourth-order valence-electron chi connectivity index (χ4n) is 2.89. The summed E-state index contributed by atoms with van der Waals surface area (Å²) in [6.45, 7) is 0. The molecule has 1 aliphatic rings. The maximum absolute atomic E-state index is 12.6. The molecule has 4 rings (SSSR count). The number of aliphatic imine (C=N–C) groups is 1. The Balaban J connectivity index is 1.78. The standard InChI is InChI=1S/C21H12ClNO2/c22-18-12-19(16-7-3-4-8-17(16)20(18)24)23-21(25)15-10-9-13-5-1-2-6-14(13)11-15/h1-12H. The fourth-order valence-corrected chi connectivity index (χ4v) is 3.09. The van der Waals surface area contributed by atoms with Crippen LogP contribution in [0.3, 0.4) is 0 Å². The molecule has 0 unspecified atom stereocenters. The van der Waals surface area contributed by atoms with E-state index < -0.39 is 0 Å². The van der Waals surface area contributed by atoms with Gasteiger partial charge in [-0.1, -0.05) is 66.2 Å². The molecule has 0 saturated carbocycles. The average Bonchev–Trinajstić information content (AvgIpc) is 2.65. The number of allylic oxidation sites excluding steroid dienone is 2. The number of amides is 1. The van der Waals surface area contributed by atoms with Gasteiger partial charge in [0.25, 0.3) is 5.91 Å². The molecule has 25 heavy (non-hydrogen) atoms. The fraction of sp³-hybridized carbons (Fsp3) is 0. The van der Waals surface area contributed by atoms with Crippen LogP contribution in [0.5, 0.6) is 0 Å². The molecule has 0 radical (unpaired) electrons. The van der Waals surface area contributed by atoms with Gasteiger partial charge in [-0.3, -0.25) is 9.59 Å². The van der Waals surface area contributed by atoms with Gasteiger partial charge in [0.05, 0.1) is 10.7 Å². The number of ketones is 1. The van der Waals surface area contributed by atoms with E-state index in [1.54, 1.807) is 30.3 Å². The van der Waals surface area contributed by atoms with E-state index in [-0.39, 0.29) is 16.7 Å². The van der Waals surface area contributed by atoms with Crippen LogP contribution in [0, 0.1) is 0 Å². The van der Waals surface area contributed by atoms with Gasteiger partial charge in [0.2, 0.25) is 5.78 Å². The summed E-state index contributed by atoms with van der Waals surface area (Å²) in [6, 6.07) is 20.3. The lowest BCUT2D eigenvalue weighted by Gasteiger charge is -2.13. The Labute approximate surface area is 149 Å². The quantitative estimate of drug-likeness (QED) is 0.636. The summed E-state index contributed by atoms with van der Waals surface area (Å²) in [4.78, 5) is 28.9. The van der Waals surface area contributed by atoms with Crippen molar-refractivity contribution in [3.05, 3.63) is 94.5 Å². The third-order valence-electron chi connectivity index (χ3n) is 4.15. The monoisotopic (exact) mass is 345 g/mol. The zero-order valence-electron chi connectivity index (χ0n) is 13.1. The van der Waals surface area contributed by atoms with E-state index in [0.717, 1.165) is 10.8 Å². The van der Waals surface area contributed by atoms with Crippen LogP contribution in [0.15, 0.2) is 82.8 Å². The Morgan fingerprint density at radius 3 is 2.32 bits per heavy atom. The number of carbonyl (C=O) groups excluding carboxylic acids is 2. The zero-order valence-corrected chi connectivity index (χ0v) is 13.8. The highest BCUT2D eigenvalue weighted by molar-refractivity contribution is 6.49. The molecule has 0 atom stereocenters. The predicted molar refractivity (Wildman–Crippen MR) is 99.5 cm³/mol. The molecule has 0 spiro atoms. The van der Waals surface area contributed by atoms with Crippen LogP contribution in [-0.2, 0) is 0 Å². The van der Waals surface area contributed by atoms with Gasteiger partial charge in [-0.15, -0.1) is 0 Å². The summed E-state index contributed by atoms with van der Waals surface area (Å²) < 4.78 is 0. The van der Waals surface area contributed by atoms with E-state index in [1.165, 1.54) is 6.08 Å². The maximum atomic E-state index is 12.6. The first kappa shape index (κ1) is 15.5. The molecule has 4 heteroatoms. The van der Waals surface area contributed by atoms with Crippen molar-refractivity contribution in [3.8, 4) is 0 Å². The first-order valence-electron chi connectivity index (χ1n) is 7.76. The minimum absolute atomic E-state index is 0.0590. The molecule has 0 bridgehead atoms. The van der Waals surface area contributed by atoms with Crippen molar-refractivity contribution < 1.29 is 9.59 Å². The van der Waals surface area contributed by atoms with Crippen molar-refractivity contribution in [3.63, 3.8) is 0 Å². The molecular formula is C21H12ClNO2. The Morgan fingerprint density at radius 2 is 1.52 bits per heavy atom. The first-order chi connectivity index (χ1) is 12.1. The topological polar surface area (TPSA) is 46.5 Å². The van der Waals surface area contributed by atoms with Crippen LogP contribution in [0.25, 0.3) is 10.8 Å². The summed E-state index contributed by atoms with van der Waals surface area (Å²) in [5.74, 6) is -0.625. The van der Waals surface area contributed by atoms with E-state index in [9.17, 15) is 9.59 Å². The summed E-state index contributed by atoms with van der Waals surface area (Å²) in [5, 5.41) is 2.09. The van der Waals surface area contributed by atoms with Crippen LogP contribution < -0.4 is 0 Å². The number of Topliss-reactive ketones (excluding diaryl/α,β-unsaturated/α-hetero) is 1. The van der Waals surface area contributed by atoms with Gasteiger partial charge in [-0.2, -0.15) is 0 Å². The molecule has 0 aromatic heterocycles. The predicted octanol–water partition coefficient (Wildman–Crippen LogP) is 4.79. The Hall–Kier alpha value is -3.04. The number of benzene rings is 3. The highest BCUT2D eigenvalue weighted by Gasteiger charge is 2.23. The molecular weight excluding hydrogens is 334 g/mol. The Bertz CT molecular complexity index is 1100. The number of rotatable bonds is 1. The smallest absolute Gasteiger partial charge is 0.277 e. The van der Waals surface area contributed by atoms with Crippen LogP contribution >= 0.6 is 11.6 Å². The van der Waals surface area contributed by atoms with Gasteiger partial charge in [-0.25, -0.2) is 4.99 Å². The van der Waals surface area contributed by atoms with Crippen molar-refractivity contribution in [2.75, 3.05) is 0 Å². The molecule has 0 aliphatic heterocycles. The molecule has 3 aromatic carbocycles. The normalized spacial score (nSPS) is 15.2. The van der Waals surface area contributed by atoms with Gasteiger partial charge in [0, 0.05) is 16.7 Å². The number of fused-ring (bicyclic) bond motifs is 2. The summed E-state index contributed by atoms with van der Waals surface area (Å²) in [5.41, 5.74) is 1.97. The van der Waals surface area contributed by atoms with Gasteiger partial charge >= 0.3 is 0 Å². The number of nitrogens with zero attached hydrogens (tertiary/aromatic N) is 1. The highest BCUT2D eigenvalue weighted by Crippen LogP contribution is 2.24. The van der Waals surface area contributed by atoms with Crippen molar-refractivity contribution in [1.29, 1.82) is 0 Å². The molecule has 3 aromatic rings. The SMILES string of the molecule is O=C(N=C1C=C(Cl)C(=O)c2ccccc21)c1ccc2ccccc2c1. The molecule has 0 heterocycles. The average molecular weight is 346 g/mol. The van der Waals surface area contributed by atoms with Crippen LogP contribution in [-0.4, -0.2) is 17.4 Å². The second-order valence-electron chi connectivity index (χ2n) is 5.73. The van der Waals surface area contributed by atoms with Crippen LogP contribution in [0.4, 0.5) is 0 Å². The van der Waals surface area contributed by atoms with Crippen molar-refractivity contribution in [2.45, 2.75) is 0 Å². The van der Waals surface area contributed by atoms with Crippen LogP contribution in [0.1, 0.15) is 26.3 Å². The number of hydrogen-bond donors (Lipinski definition) is 0. The van der Waals surface area contributed by atoms with E-state index in [0.29, 0.717) is 22.4 Å². The first-order valence-corrected chi connectivity index (χ1v) is 8.14. The summed E-state index contributed by atoms with van der Waals surface area (Å²) in [7, 11) is 0. The lowest BCUT2D eigenvalue weighted by molar-refractivity contribution is 0.1000. The minimum atomic E-state index is -0.370. The zero-order chi connectivity index (χ0) is 17.4. The van der Waals surface area contributed by atoms with Crippen molar-refractivity contribution >= 4 is 39.8 Å². The lowest BCUT2D eigenvalue weighted by atomic mass is 9.94. The minimum Gasteiger partial charge on any atom is -0.288 e. The molecule has 120 valence electrons. The van der Waals surface area contributed by atoms with Crippen molar-refractivity contribution in [1.82, 2.24) is 0 Å². The van der Waals surface area contributed by atoms with E-state index in [4.69, 9.17) is 11.6 Å².